The summed E-state index contributed by atoms with van der Waals surface area (Å²) in [4.78, 5) is 35.0. The number of nitrogens with zero attached hydrogens (tertiary/aromatic N) is 1. The van der Waals surface area contributed by atoms with Crippen molar-refractivity contribution in [2.24, 2.45) is 5.73 Å². The summed E-state index contributed by atoms with van der Waals surface area (Å²) in [6, 6.07) is 2.46. The summed E-state index contributed by atoms with van der Waals surface area (Å²) in [6.45, 7) is -0.141. The highest BCUT2D eigenvalue weighted by Gasteiger charge is 2.39. The number of Topliss-reactive ketones (excluding diaryl/α,β-unsaturated/α-hetero) is 1. The zero-order valence-corrected chi connectivity index (χ0v) is 10.0. The fourth-order valence-corrected chi connectivity index (χ4v) is 1.92. The van der Waals surface area contributed by atoms with E-state index in [2.05, 4.69) is 0 Å². The van der Waals surface area contributed by atoms with E-state index in [1.165, 1.54) is 0 Å². The monoisotopic (exact) mass is 286 g/mol. The molecule has 0 fully saturated rings. The van der Waals surface area contributed by atoms with E-state index >= 15 is 0 Å². The predicted molar refractivity (Wildman–Crippen MR) is 61.9 cm³/mol. The fourth-order valence-electron chi connectivity index (χ4n) is 1.92. The molecule has 0 bridgehead atoms. The lowest BCUT2D eigenvalue weighted by molar-refractivity contribution is -0.137. The molecule has 1 aromatic carbocycles. The number of anilines is 1. The van der Waals surface area contributed by atoms with E-state index in [0.717, 1.165) is 17.0 Å². The van der Waals surface area contributed by atoms with Gasteiger partial charge in [-0.25, -0.2) is 0 Å². The number of hydrogen-bond acceptors (Lipinski definition) is 3. The van der Waals surface area contributed by atoms with Gasteiger partial charge >= 0.3 is 6.18 Å². The highest BCUT2D eigenvalue weighted by molar-refractivity contribution is 6.52. The lowest BCUT2D eigenvalue weighted by Crippen LogP contribution is -2.32. The number of nitrogens with two attached hydrogens (primary N) is 1. The number of benzene rings is 1. The van der Waals surface area contributed by atoms with E-state index in [4.69, 9.17) is 5.73 Å². The minimum Gasteiger partial charge on any atom is -0.370 e. The maximum absolute atomic E-state index is 12.6. The van der Waals surface area contributed by atoms with Crippen molar-refractivity contribution in [1.29, 1.82) is 0 Å². The van der Waals surface area contributed by atoms with E-state index in [0.29, 0.717) is 6.07 Å². The number of hydrogen-bond donors (Lipinski definition) is 1. The second kappa shape index (κ2) is 4.62. The number of amides is 2. The largest absolute Gasteiger partial charge is 0.416 e. The minimum absolute atomic E-state index is 0.0641. The van der Waals surface area contributed by atoms with Crippen LogP contribution in [-0.2, 0) is 15.8 Å². The average Bonchev–Trinajstić information content (AvgIpc) is 2.58. The SMILES string of the molecule is NC(=O)CCN1C(=O)C(=O)c2cc(C(F)(F)F)ccc21. The summed E-state index contributed by atoms with van der Waals surface area (Å²) in [6.07, 6.45) is -4.78. The second-order valence-electron chi connectivity index (χ2n) is 4.23. The van der Waals surface area contributed by atoms with Gasteiger partial charge in [0.1, 0.15) is 0 Å². The number of carbonyl (C=O) groups excluding carboxylic acids is 3. The maximum Gasteiger partial charge on any atom is 0.416 e. The number of ketones is 1. The second-order valence-corrected chi connectivity index (χ2v) is 4.23. The summed E-state index contributed by atoms with van der Waals surface area (Å²) in [5.74, 6) is -2.65. The molecule has 2 rings (SSSR count). The van der Waals surface area contributed by atoms with Crippen molar-refractivity contribution in [2.75, 3.05) is 11.4 Å². The Labute approximate surface area is 111 Å². The molecule has 0 saturated carbocycles. The van der Waals surface area contributed by atoms with Crippen LogP contribution in [0.5, 0.6) is 0 Å². The molecule has 0 saturated heterocycles. The third-order valence-electron chi connectivity index (χ3n) is 2.88. The molecule has 106 valence electrons. The Morgan fingerprint density at radius 3 is 2.45 bits per heavy atom. The van der Waals surface area contributed by atoms with Gasteiger partial charge < -0.3 is 10.6 Å². The summed E-state index contributed by atoms with van der Waals surface area (Å²) in [5.41, 5.74) is 3.69. The Morgan fingerprint density at radius 2 is 1.90 bits per heavy atom. The van der Waals surface area contributed by atoms with Crippen LogP contribution >= 0.6 is 0 Å². The molecule has 0 radical (unpaired) electrons. The highest BCUT2D eigenvalue weighted by atomic mass is 19.4. The minimum atomic E-state index is -4.60. The molecule has 2 amide bonds. The molecule has 0 aliphatic carbocycles. The van der Waals surface area contributed by atoms with Crippen LogP contribution in [0.3, 0.4) is 0 Å². The number of fused-ring (bicyclic) bond motifs is 1. The normalized spacial score (nSPS) is 14.7. The first-order valence-electron chi connectivity index (χ1n) is 5.57. The molecule has 1 heterocycles. The van der Waals surface area contributed by atoms with Crippen LogP contribution < -0.4 is 10.6 Å². The van der Waals surface area contributed by atoms with Crippen LogP contribution in [0.15, 0.2) is 18.2 Å². The van der Waals surface area contributed by atoms with Crippen molar-refractivity contribution >= 4 is 23.3 Å². The van der Waals surface area contributed by atoms with Gasteiger partial charge in [-0.05, 0) is 18.2 Å². The summed E-state index contributed by atoms with van der Waals surface area (Å²) < 4.78 is 37.7. The molecule has 20 heavy (non-hydrogen) atoms. The number of halogens is 3. The molecule has 5 nitrogen and oxygen atoms in total. The zero-order valence-electron chi connectivity index (χ0n) is 10.0. The number of primary amides is 1. The van der Waals surface area contributed by atoms with Crippen LogP contribution in [0.1, 0.15) is 22.3 Å². The smallest absolute Gasteiger partial charge is 0.370 e. The molecule has 8 heteroatoms. The van der Waals surface area contributed by atoms with Gasteiger partial charge in [0.2, 0.25) is 5.91 Å². The highest BCUT2D eigenvalue weighted by Crippen LogP contribution is 2.35. The number of carbonyl (C=O) groups is 3. The lowest BCUT2D eigenvalue weighted by atomic mass is 10.1. The van der Waals surface area contributed by atoms with Crippen LogP contribution in [0.4, 0.5) is 18.9 Å². The molecule has 0 aromatic heterocycles. The number of alkyl halides is 3. The van der Waals surface area contributed by atoms with Gasteiger partial charge in [-0.3, -0.25) is 14.4 Å². The number of rotatable bonds is 3. The fraction of sp³-hybridized carbons (Fsp3) is 0.250. The standard InChI is InChI=1S/C12H9F3N2O3/c13-12(14,15)6-1-2-8-7(5-6)10(19)11(20)17(8)4-3-9(16)18/h1-2,5H,3-4H2,(H2,16,18). The first kappa shape index (κ1) is 14.0. The van der Waals surface area contributed by atoms with Gasteiger partial charge in [0.05, 0.1) is 16.8 Å². The van der Waals surface area contributed by atoms with Gasteiger partial charge in [0.25, 0.3) is 11.7 Å². The third-order valence-corrected chi connectivity index (χ3v) is 2.88. The van der Waals surface area contributed by atoms with E-state index in [9.17, 15) is 27.6 Å². The van der Waals surface area contributed by atoms with Gasteiger partial charge in [-0.1, -0.05) is 0 Å². The molecule has 0 spiro atoms. The molecule has 0 atom stereocenters. The molecular formula is C12H9F3N2O3. The molecule has 0 unspecified atom stereocenters. The first-order valence-corrected chi connectivity index (χ1v) is 5.57. The van der Waals surface area contributed by atoms with E-state index in [1.807, 2.05) is 0 Å². The van der Waals surface area contributed by atoms with Crippen molar-refractivity contribution in [3.8, 4) is 0 Å². The van der Waals surface area contributed by atoms with Gasteiger partial charge in [0, 0.05) is 13.0 Å². The zero-order chi connectivity index (χ0) is 15.1. The quantitative estimate of drug-likeness (QED) is 0.845. The van der Waals surface area contributed by atoms with Crippen molar-refractivity contribution < 1.29 is 27.6 Å². The van der Waals surface area contributed by atoms with E-state index in [-0.39, 0.29) is 24.2 Å². The predicted octanol–water partition coefficient (Wildman–Crippen LogP) is 1.11. The lowest BCUT2D eigenvalue weighted by Gasteiger charge is -2.15. The van der Waals surface area contributed by atoms with Crippen molar-refractivity contribution in [1.82, 2.24) is 0 Å². The molecule has 1 aliphatic rings. The van der Waals surface area contributed by atoms with Crippen molar-refractivity contribution in [3.05, 3.63) is 29.3 Å². The molecule has 1 aromatic rings. The molecule has 1 aliphatic heterocycles. The van der Waals surface area contributed by atoms with Gasteiger partial charge in [-0.2, -0.15) is 13.2 Å². The Kier molecular flexibility index (Phi) is 3.24. The van der Waals surface area contributed by atoms with Gasteiger partial charge in [-0.15, -0.1) is 0 Å². The first-order chi connectivity index (χ1) is 9.21. The van der Waals surface area contributed by atoms with Crippen molar-refractivity contribution in [2.45, 2.75) is 12.6 Å². The average molecular weight is 286 g/mol. The Balaban J connectivity index is 2.39. The molecular weight excluding hydrogens is 277 g/mol. The van der Waals surface area contributed by atoms with Gasteiger partial charge in [0.15, 0.2) is 0 Å². The van der Waals surface area contributed by atoms with Crippen LogP contribution in [-0.4, -0.2) is 24.1 Å². The maximum atomic E-state index is 12.6. The van der Waals surface area contributed by atoms with E-state index < -0.39 is 29.3 Å². The summed E-state index contributed by atoms with van der Waals surface area (Å²) >= 11 is 0. The Hall–Kier alpha value is -2.38. The van der Waals surface area contributed by atoms with Crippen LogP contribution in [0.2, 0.25) is 0 Å². The topological polar surface area (TPSA) is 80.5 Å². The third kappa shape index (κ3) is 2.36. The summed E-state index contributed by atoms with van der Waals surface area (Å²) in [7, 11) is 0. The molecule has 2 N–H and O–H groups in total. The Bertz CT molecular complexity index is 610. The van der Waals surface area contributed by atoms with Crippen molar-refractivity contribution in [3.63, 3.8) is 0 Å². The van der Waals surface area contributed by atoms with E-state index in [1.54, 1.807) is 0 Å². The summed E-state index contributed by atoms with van der Waals surface area (Å²) in [5, 5.41) is 0. The Morgan fingerprint density at radius 1 is 1.25 bits per heavy atom. The van der Waals surface area contributed by atoms with Crippen LogP contribution in [0.25, 0.3) is 0 Å². The van der Waals surface area contributed by atoms with Crippen LogP contribution in [0, 0.1) is 0 Å².